The number of rotatable bonds is 7. The molecule has 0 aliphatic heterocycles. The molecule has 5 nitrogen and oxygen atoms in total. The van der Waals surface area contributed by atoms with E-state index in [0.29, 0.717) is 24.3 Å². The van der Waals surface area contributed by atoms with Crippen molar-refractivity contribution in [2.24, 2.45) is 0 Å². The van der Waals surface area contributed by atoms with Gasteiger partial charge < -0.3 is 14.0 Å². The molecule has 24 heavy (non-hydrogen) atoms. The average molecular weight is 350 g/mol. The predicted octanol–water partition coefficient (Wildman–Crippen LogP) is 3.14. The highest BCUT2D eigenvalue weighted by Gasteiger charge is 2.20. The Bertz CT molecular complexity index is 812. The lowest BCUT2D eigenvalue weighted by Gasteiger charge is -2.12. The summed E-state index contributed by atoms with van der Waals surface area (Å²) in [5.41, 5.74) is 2.30. The number of aliphatic hydroxyl groups is 1. The summed E-state index contributed by atoms with van der Waals surface area (Å²) in [5.74, 6) is 0.713. The minimum atomic E-state index is -3.92. The lowest BCUT2D eigenvalue weighted by Crippen LogP contribution is -2.12. The second-order valence-electron chi connectivity index (χ2n) is 5.71. The van der Waals surface area contributed by atoms with Crippen LogP contribution in [-0.2, 0) is 10.1 Å². The Balaban J connectivity index is 2.27. The van der Waals surface area contributed by atoms with Crippen molar-refractivity contribution in [3.05, 3.63) is 53.1 Å². The standard InChI is InChI=1S/C18H22O5S/c1-13-5-6-15(3)18(11-13)24(20,21)23-17-10-14(2)9-16(12-17)22-8-4-7-19/h5-6,9-12,19H,4,7-8H2,1-3H3. The Morgan fingerprint density at radius 3 is 2.38 bits per heavy atom. The molecule has 0 aromatic heterocycles. The van der Waals surface area contributed by atoms with Crippen molar-refractivity contribution in [1.82, 2.24) is 0 Å². The summed E-state index contributed by atoms with van der Waals surface area (Å²) >= 11 is 0. The van der Waals surface area contributed by atoms with Gasteiger partial charge in [-0.3, -0.25) is 0 Å². The van der Waals surface area contributed by atoms with Gasteiger partial charge in [0.15, 0.2) is 0 Å². The summed E-state index contributed by atoms with van der Waals surface area (Å²) in [7, 11) is -3.92. The van der Waals surface area contributed by atoms with E-state index in [2.05, 4.69) is 0 Å². The van der Waals surface area contributed by atoms with Gasteiger partial charge in [-0.1, -0.05) is 12.1 Å². The van der Waals surface area contributed by atoms with Gasteiger partial charge in [0.25, 0.3) is 0 Å². The highest BCUT2D eigenvalue weighted by atomic mass is 32.2. The fraction of sp³-hybridized carbons (Fsp3) is 0.333. The van der Waals surface area contributed by atoms with Gasteiger partial charge in [-0.25, -0.2) is 0 Å². The Morgan fingerprint density at radius 1 is 0.958 bits per heavy atom. The molecular formula is C18H22O5S. The van der Waals surface area contributed by atoms with E-state index in [0.717, 1.165) is 11.1 Å². The third-order valence-electron chi connectivity index (χ3n) is 3.41. The molecule has 0 aliphatic rings. The van der Waals surface area contributed by atoms with Crippen LogP contribution in [0.15, 0.2) is 41.3 Å². The minimum Gasteiger partial charge on any atom is -0.493 e. The second kappa shape index (κ2) is 7.68. The van der Waals surface area contributed by atoms with Gasteiger partial charge in [-0.2, -0.15) is 8.42 Å². The number of benzene rings is 2. The molecule has 2 aromatic carbocycles. The second-order valence-corrected chi connectivity index (χ2v) is 7.23. The summed E-state index contributed by atoms with van der Waals surface area (Å²) in [5, 5.41) is 8.80. The largest absolute Gasteiger partial charge is 0.493 e. The van der Waals surface area contributed by atoms with E-state index in [1.807, 2.05) is 19.9 Å². The van der Waals surface area contributed by atoms with Crippen molar-refractivity contribution in [1.29, 1.82) is 0 Å². The van der Waals surface area contributed by atoms with Crippen LogP contribution in [0, 0.1) is 20.8 Å². The molecule has 0 unspecified atom stereocenters. The molecule has 0 fully saturated rings. The van der Waals surface area contributed by atoms with Crippen LogP contribution in [0.1, 0.15) is 23.1 Å². The molecule has 0 bridgehead atoms. The summed E-state index contributed by atoms with van der Waals surface area (Å²) in [6.07, 6.45) is 0.505. The summed E-state index contributed by atoms with van der Waals surface area (Å²) in [6, 6.07) is 10.2. The maximum Gasteiger partial charge on any atom is 0.339 e. The molecule has 0 amide bonds. The highest BCUT2D eigenvalue weighted by Crippen LogP contribution is 2.27. The van der Waals surface area contributed by atoms with Crippen molar-refractivity contribution in [3.63, 3.8) is 0 Å². The number of aryl methyl sites for hydroxylation is 3. The smallest absolute Gasteiger partial charge is 0.339 e. The number of hydrogen-bond acceptors (Lipinski definition) is 5. The lowest BCUT2D eigenvalue weighted by molar-refractivity contribution is 0.233. The molecule has 0 aliphatic carbocycles. The fourth-order valence-corrected chi connectivity index (χ4v) is 3.48. The Kier molecular flexibility index (Phi) is 5.85. The molecule has 6 heteroatoms. The quantitative estimate of drug-likeness (QED) is 0.613. The molecule has 2 aromatic rings. The van der Waals surface area contributed by atoms with Crippen LogP contribution in [0.25, 0.3) is 0 Å². The van der Waals surface area contributed by atoms with Crippen LogP contribution in [0.4, 0.5) is 0 Å². The first kappa shape index (κ1) is 18.3. The SMILES string of the molecule is Cc1cc(OCCCO)cc(OS(=O)(=O)c2cc(C)ccc2C)c1. The van der Waals surface area contributed by atoms with Crippen molar-refractivity contribution in [3.8, 4) is 11.5 Å². The third kappa shape index (κ3) is 4.72. The molecule has 0 saturated carbocycles. The third-order valence-corrected chi connectivity index (χ3v) is 4.80. The first-order valence-electron chi connectivity index (χ1n) is 7.69. The van der Waals surface area contributed by atoms with Gasteiger partial charge in [0.05, 0.1) is 6.61 Å². The van der Waals surface area contributed by atoms with E-state index < -0.39 is 10.1 Å². The number of hydrogen-bond donors (Lipinski definition) is 1. The minimum absolute atomic E-state index is 0.0379. The molecule has 2 rings (SSSR count). The zero-order valence-electron chi connectivity index (χ0n) is 14.1. The van der Waals surface area contributed by atoms with Gasteiger partial charge in [0.1, 0.15) is 16.4 Å². The van der Waals surface area contributed by atoms with Crippen LogP contribution in [0.3, 0.4) is 0 Å². The molecule has 0 spiro atoms. The molecule has 130 valence electrons. The van der Waals surface area contributed by atoms with Crippen LogP contribution in [0.2, 0.25) is 0 Å². The van der Waals surface area contributed by atoms with Gasteiger partial charge in [0, 0.05) is 19.1 Å². The Labute approximate surface area is 143 Å². The van der Waals surface area contributed by atoms with E-state index >= 15 is 0 Å². The molecule has 0 saturated heterocycles. The first-order valence-corrected chi connectivity index (χ1v) is 9.10. The monoisotopic (exact) mass is 350 g/mol. The van der Waals surface area contributed by atoms with Crippen molar-refractivity contribution in [2.45, 2.75) is 32.1 Å². The lowest BCUT2D eigenvalue weighted by atomic mass is 10.2. The van der Waals surface area contributed by atoms with E-state index in [-0.39, 0.29) is 17.3 Å². The van der Waals surface area contributed by atoms with E-state index in [1.165, 1.54) is 6.07 Å². The van der Waals surface area contributed by atoms with E-state index in [1.54, 1.807) is 31.2 Å². The number of aliphatic hydroxyl groups excluding tert-OH is 1. The maximum atomic E-state index is 12.6. The Morgan fingerprint density at radius 2 is 1.67 bits per heavy atom. The highest BCUT2D eigenvalue weighted by molar-refractivity contribution is 7.87. The average Bonchev–Trinajstić information content (AvgIpc) is 2.49. The molecule has 0 atom stereocenters. The van der Waals surface area contributed by atoms with Crippen molar-refractivity contribution < 1.29 is 22.4 Å². The molecule has 0 heterocycles. The topological polar surface area (TPSA) is 72.8 Å². The van der Waals surface area contributed by atoms with Crippen molar-refractivity contribution in [2.75, 3.05) is 13.2 Å². The summed E-state index contributed by atoms with van der Waals surface area (Å²) in [6.45, 7) is 5.78. The van der Waals surface area contributed by atoms with Crippen molar-refractivity contribution >= 4 is 10.1 Å². The predicted molar refractivity (Wildman–Crippen MR) is 92.1 cm³/mol. The zero-order chi connectivity index (χ0) is 17.7. The van der Waals surface area contributed by atoms with Crippen LogP contribution in [-0.4, -0.2) is 26.7 Å². The van der Waals surface area contributed by atoms with Crippen LogP contribution < -0.4 is 8.92 Å². The summed E-state index contributed by atoms with van der Waals surface area (Å²) < 4.78 is 35.9. The fourth-order valence-electron chi connectivity index (χ4n) is 2.25. The zero-order valence-corrected chi connectivity index (χ0v) is 14.9. The van der Waals surface area contributed by atoms with Gasteiger partial charge in [-0.05, 0) is 55.7 Å². The normalized spacial score (nSPS) is 11.3. The van der Waals surface area contributed by atoms with Crippen LogP contribution in [0.5, 0.6) is 11.5 Å². The number of ether oxygens (including phenoxy) is 1. The Hall–Kier alpha value is -2.05. The molecule has 0 radical (unpaired) electrons. The van der Waals surface area contributed by atoms with Crippen LogP contribution >= 0.6 is 0 Å². The van der Waals surface area contributed by atoms with Gasteiger partial charge >= 0.3 is 10.1 Å². The van der Waals surface area contributed by atoms with E-state index in [4.69, 9.17) is 14.0 Å². The summed E-state index contributed by atoms with van der Waals surface area (Å²) in [4.78, 5) is 0.159. The van der Waals surface area contributed by atoms with Gasteiger partial charge in [0.2, 0.25) is 0 Å². The first-order chi connectivity index (χ1) is 11.3. The van der Waals surface area contributed by atoms with Gasteiger partial charge in [-0.15, -0.1) is 0 Å². The maximum absolute atomic E-state index is 12.6. The van der Waals surface area contributed by atoms with E-state index in [9.17, 15) is 8.42 Å². The molecule has 1 N–H and O–H groups in total. The molecular weight excluding hydrogens is 328 g/mol.